The van der Waals surface area contributed by atoms with E-state index in [4.69, 9.17) is 4.74 Å². The lowest BCUT2D eigenvalue weighted by molar-refractivity contribution is -0.130. The molecule has 1 rings (SSSR count). The summed E-state index contributed by atoms with van der Waals surface area (Å²) in [6.07, 6.45) is 1.82. The molecule has 0 amide bonds. The Kier molecular flexibility index (Phi) is 5.26. The van der Waals surface area contributed by atoms with E-state index in [0.717, 1.165) is 32.6 Å². The minimum Gasteiger partial charge on any atom is -0.381 e. The molecule has 0 aliphatic carbocycles. The number of Topliss-reactive ketones (excluding diaryl/α,β-unsaturated/α-hetero) is 1. The first-order valence-electron chi connectivity index (χ1n) is 5.93. The number of rotatable bonds is 5. The van der Waals surface area contributed by atoms with Crippen molar-refractivity contribution in [2.75, 3.05) is 26.8 Å². The fraction of sp³-hybridized carbons (Fsp3) is 0.917. The van der Waals surface area contributed by atoms with E-state index in [-0.39, 0.29) is 11.8 Å². The molecule has 1 fully saturated rings. The van der Waals surface area contributed by atoms with Crippen LogP contribution >= 0.6 is 0 Å². The van der Waals surface area contributed by atoms with Crippen LogP contribution in [0.25, 0.3) is 0 Å². The van der Waals surface area contributed by atoms with Crippen LogP contribution in [0.4, 0.5) is 0 Å². The summed E-state index contributed by atoms with van der Waals surface area (Å²) in [5.74, 6) is 1.26. The van der Waals surface area contributed by atoms with Crippen LogP contribution in [-0.4, -0.2) is 32.6 Å². The highest BCUT2D eigenvalue weighted by Gasteiger charge is 2.29. The van der Waals surface area contributed by atoms with Crippen molar-refractivity contribution in [1.29, 1.82) is 0 Å². The van der Waals surface area contributed by atoms with Crippen molar-refractivity contribution >= 4 is 5.78 Å². The molecule has 1 unspecified atom stereocenters. The van der Waals surface area contributed by atoms with Gasteiger partial charge in [0.2, 0.25) is 0 Å². The van der Waals surface area contributed by atoms with Gasteiger partial charge in [-0.2, -0.15) is 0 Å². The zero-order chi connectivity index (χ0) is 11.3. The highest BCUT2D eigenvalue weighted by Crippen LogP contribution is 2.23. The number of ether oxygens (including phenoxy) is 1. The first-order valence-corrected chi connectivity index (χ1v) is 5.93. The molecule has 0 aromatic heterocycles. The normalized spacial score (nSPS) is 20.5. The molecule has 3 nitrogen and oxygen atoms in total. The Morgan fingerprint density at radius 1 is 1.40 bits per heavy atom. The molecule has 1 N–H and O–H groups in total. The minimum atomic E-state index is 0.165. The monoisotopic (exact) mass is 213 g/mol. The van der Waals surface area contributed by atoms with E-state index in [1.54, 1.807) is 0 Å². The van der Waals surface area contributed by atoms with Crippen LogP contribution in [0.3, 0.4) is 0 Å². The third-order valence-electron chi connectivity index (χ3n) is 3.22. The Labute approximate surface area is 92.6 Å². The molecule has 0 spiro atoms. The second kappa shape index (κ2) is 6.23. The second-order valence-corrected chi connectivity index (χ2v) is 4.70. The van der Waals surface area contributed by atoms with Crippen LogP contribution < -0.4 is 5.32 Å². The van der Waals surface area contributed by atoms with Gasteiger partial charge in [-0.1, -0.05) is 13.8 Å². The largest absolute Gasteiger partial charge is 0.381 e. The zero-order valence-corrected chi connectivity index (χ0v) is 10.1. The summed E-state index contributed by atoms with van der Waals surface area (Å²) in [6.45, 7) is 6.55. The Morgan fingerprint density at radius 3 is 2.47 bits per heavy atom. The van der Waals surface area contributed by atoms with Crippen LogP contribution in [0.5, 0.6) is 0 Å². The van der Waals surface area contributed by atoms with Gasteiger partial charge in [0.1, 0.15) is 5.78 Å². The van der Waals surface area contributed by atoms with Gasteiger partial charge in [-0.05, 0) is 25.8 Å². The molecule has 1 aliphatic rings. The maximum Gasteiger partial charge on any atom is 0.140 e. The van der Waals surface area contributed by atoms with Gasteiger partial charge < -0.3 is 10.1 Å². The molecule has 15 heavy (non-hydrogen) atoms. The van der Waals surface area contributed by atoms with E-state index in [9.17, 15) is 4.79 Å². The lowest BCUT2D eigenvalue weighted by atomic mass is 9.82. The molecular weight excluding hydrogens is 190 g/mol. The van der Waals surface area contributed by atoms with Gasteiger partial charge in [-0.15, -0.1) is 0 Å². The lowest BCUT2D eigenvalue weighted by Gasteiger charge is -2.27. The van der Waals surface area contributed by atoms with Crippen molar-refractivity contribution in [3.8, 4) is 0 Å². The lowest BCUT2D eigenvalue weighted by Crippen LogP contribution is -2.36. The predicted molar refractivity (Wildman–Crippen MR) is 60.8 cm³/mol. The second-order valence-electron chi connectivity index (χ2n) is 4.70. The number of hydrogen-bond donors (Lipinski definition) is 1. The van der Waals surface area contributed by atoms with E-state index < -0.39 is 0 Å². The molecule has 1 aliphatic heterocycles. The molecule has 0 aromatic carbocycles. The molecule has 0 radical (unpaired) electrons. The first-order chi connectivity index (χ1) is 7.16. The SMILES string of the molecule is CNCC(C(=O)C1CCOCC1)C(C)C. The van der Waals surface area contributed by atoms with Crippen molar-refractivity contribution < 1.29 is 9.53 Å². The quantitative estimate of drug-likeness (QED) is 0.751. The third-order valence-corrected chi connectivity index (χ3v) is 3.22. The van der Waals surface area contributed by atoms with Crippen LogP contribution in [0.1, 0.15) is 26.7 Å². The van der Waals surface area contributed by atoms with Crippen molar-refractivity contribution in [3.05, 3.63) is 0 Å². The van der Waals surface area contributed by atoms with Gasteiger partial charge in [0.05, 0.1) is 0 Å². The summed E-state index contributed by atoms with van der Waals surface area (Å²) >= 11 is 0. The smallest absolute Gasteiger partial charge is 0.140 e. The highest BCUT2D eigenvalue weighted by molar-refractivity contribution is 5.84. The molecule has 1 saturated heterocycles. The summed E-state index contributed by atoms with van der Waals surface area (Å²) in [4.78, 5) is 12.2. The van der Waals surface area contributed by atoms with Crippen molar-refractivity contribution in [2.24, 2.45) is 17.8 Å². The average Bonchev–Trinajstić information content (AvgIpc) is 2.26. The minimum absolute atomic E-state index is 0.165. The molecule has 0 aromatic rings. The van der Waals surface area contributed by atoms with Gasteiger partial charge in [0.25, 0.3) is 0 Å². The fourth-order valence-electron chi connectivity index (χ4n) is 2.17. The van der Waals surface area contributed by atoms with Crippen LogP contribution in [0.2, 0.25) is 0 Å². The van der Waals surface area contributed by atoms with Gasteiger partial charge in [0, 0.05) is 31.6 Å². The molecule has 0 saturated carbocycles. The molecule has 88 valence electrons. The Hall–Kier alpha value is -0.410. The Balaban J connectivity index is 2.53. The van der Waals surface area contributed by atoms with Gasteiger partial charge >= 0.3 is 0 Å². The highest BCUT2D eigenvalue weighted by atomic mass is 16.5. The van der Waals surface area contributed by atoms with Gasteiger partial charge in [0.15, 0.2) is 0 Å². The number of carbonyl (C=O) groups is 1. The summed E-state index contributed by atoms with van der Waals surface area (Å²) in [6, 6.07) is 0. The van der Waals surface area contributed by atoms with E-state index in [0.29, 0.717) is 11.7 Å². The first kappa shape index (κ1) is 12.7. The van der Waals surface area contributed by atoms with E-state index >= 15 is 0 Å². The van der Waals surface area contributed by atoms with Gasteiger partial charge in [-0.3, -0.25) is 4.79 Å². The Bertz CT molecular complexity index is 198. The molecular formula is C12H23NO2. The van der Waals surface area contributed by atoms with Crippen LogP contribution in [0.15, 0.2) is 0 Å². The standard InChI is InChI=1S/C12H23NO2/c1-9(2)11(8-13-3)12(14)10-4-6-15-7-5-10/h9-11,13H,4-8H2,1-3H3. The topological polar surface area (TPSA) is 38.3 Å². The van der Waals surface area contributed by atoms with Crippen molar-refractivity contribution in [3.63, 3.8) is 0 Å². The van der Waals surface area contributed by atoms with Crippen molar-refractivity contribution in [2.45, 2.75) is 26.7 Å². The Morgan fingerprint density at radius 2 is 2.00 bits per heavy atom. The summed E-state index contributed by atoms with van der Waals surface area (Å²) in [5.41, 5.74) is 0. The third kappa shape index (κ3) is 3.58. The molecule has 0 bridgehead atoms. The fourth-order valence-corrected chi connectivity index (χ4v) is 2.17. The van der Waals surface area contributed by atoms with E-state index in [1.165, 1.54) is 0 Å². The number of ketones is 1. The molecule has 1 heterocycles. The predicted octanol–water partition coefficient (Wildman–Crippen LogP) is 1.47. The summed E-state index contributed by atoms with van der Waals surface area (Å²) in [7, 11) is 1.91. The number of nitrogens with one attached hydrogen (secondary N) is 1. The molecule has 1 atom stereocenters. The maximum atomic E-state index is 12.2. The number of hydrogen-bond acceptors (Lipinski definition) is 3. The summed E-state index contributed by atoms with van der Waals surface area (Å²) in [5, 5.41) is 3.12. The number of carbonyl (C=O) groups excluding carboxylic acids is 1. The summed E-state index contributed by atoms with van der Waals surface area (Å²) < 4.78 is 5.28. The van der Waals surface area contributed by atoms with E-state index in [2.05, 4.69) is 19.2 Å². The van der Waals surface area contributed by atoms with Crippen LogP contribution in [-0.2, 0) is 9.53 Å². The van der Waals surface area contributed by atoms with E-state index in [1.807, 2.05) is 7.05 Å². The maximum absolute atomic E-state index is 12.2. The van der Waals surface area contributed by atoms with Crippen molar-refractivity contribution in [1.82, 2.24) is 5.32 Å². The van der Waals surface area contributed by atoms with Gasteiger partial charge in [-0.25, -0.2) is 0 Å². The zero-order valence-electron chi connectivity index (χ0n) is 10.1. The van der Waals surface area contributed by atoms with Crippen LogP contribution in [0, 0.1) is 17.8 Å². The average molecular weight is 213 g/mol. The molecule has 3 heteroatoms.